The minimum Gasteiger partial charge on any atom is -0.366 e. The first-order chi connectivity index (χ1) is 9.45. The zero-order chi connectivity index (χ0) is 15.1. The lowest BCUT2D eigenvalue weighted by atomic mass is 10.1. The largest absolute Gasteiger partial charge is 0.366 e. The summed E-state index contributed by atoms with van der Waals surface area (Å²) >= 11 is 6.07. The van der Waals surface area contributed by atoms with Gasteiger partial charge in [0.05, 0.1) is 6.04 Å². The predicted octanol–water partition coefficient (Wildman–Crippen LogP) is 1.44. The molecule has 1 aromatic carbocycles. The minimum atomic E-state index is -0.515. The number of nitrogens with one attached hydrogen (secondary N) is 2. The summed E-state index contributed by atoms with van der Waals surface area (Å²) in [5.74, 6) is -0.560. The van der Waals surface area contributed by atoms with Gasteiger partial charge in [-0.3, -0.25) is 9.59 Å². The van der Waals surface area contributed by atoms with Crippen molar-refractivity contribution >= 4 is 23.4 Å². The van der Waals surface area contributed by atoms with Crippen LogP contribution in [0.3, 0.4) is 0 Å². The van der Waals surface area contributed by atoms with E-state index in [-0.39, 0.29) is 11.9 Å². The molecule has 2 amide bonds. The summed E-state index contributed by atoms with van der Waals surface area (Å²) in [7, 11) is 0. The number of carbonyl (C=O) groups is 2. The van der Waals surface area contributed by atoms with Gasteiger partial charge in [-0.05, 0) is 31.0 Å². The quantitative estimate of drug-likeness (QED) is 0.712. The van der Waals surface area contributed by atoms with E-state index in [1.54, 1.807) is 19.1 Å². The molecule has 0 saturated heterocycles. The average molecular weight is 298 g/mol. The third kappa shape index (κ3) is 4.83. The molecule has 4 N–H and O–H groups in total. The molecular formula is C14H20ClN3O2. The Hall–Kier alpha value is -1.59. The van der Waals surface area contributed by atoms with Crippen LogP contribution in [0.15, 0.2) is 18.2 Å². The first-order valence-electron chi connectivity index (χ1n) is 6.55. The maximum absolute atomic E-state index is 11.7. The van der Waals surface area contributed by atoms with Crippen molar-refractivity contribution in [2.75, 3.05) is 6.54 Å². The van der Waals surface area contributed by atoms with Crippen molar-refractivity contribution < 1.29 is 9.59 Å². The van der Waals surface area contributed by atoms with E-state index in [1.807, 2.05) is 6.92 Å². The van der Waals surface area contributed by atoms with E-state index < -0.39 is 5.91 Å². The fraction of sp³-hybridized carbons (Fsp3) is 0.429. The molecule has 1 atom stereocenters. The molecule has 20 heavy (non-hydrogen) atoms. The molecule has 0 spiro atoms. The maximum atomic E-state index is 11.7. The van der Waals surface area contributed by atoms with Crippen LogP contribution in [-0.4, -0.2) is 24.4 Å². The van der Waals surface area contributed by atoms with Gasteiger partial charge >= 0.3 is 0 Å². The summed E-state index contributed by atoms with van der Waals surface area (Å²) in [6, 6.07) is 4.57. The van der Waals surface area contributed by atoms with Gasteiger partial charge in [0.1, 0.15) is 0 Å². The Bertz CT molecular complexity index is 491. The highest BCUT2D eigenvalue weighted by Gasteiger charge is 2.12. The number of hydrogen-bond donors (Lipinski definition) is 3. The van der Waals surface area contributed by atoms with E-state index in [2.05, 4.69) is 10.6 Å². The van der Waals surface area contributed by atoms with Crippen LogP contribution in [0.25, 0.3) is 0 Å². The predicted molar refractivity (Wildman–Crippen MR) is 79.6 cm³/mol. The van der Waals surface area contributed by atoms with E-state index in [9.17, 15) is 9.59 Å². The second kappa shape index (κ2) is 7.87. The number of amides is 2. The van der Waals surface area contributed by atoms with Crippen molar-refractivity contribution in [1.29, 1.82) is 0 Å². The topological polar surface area (TPSA) is 84.2 Å². The van der Waals surface area contributed by atoms with E-state index in [1.165, 1.54) is 6.07 Å². The third-order valence-corrected chi connectivity index (χ3v) is 3.23. The number of hydrogen-bond acceptors (Lipinski definition) is 3. The fourth-order valence-corrected chi connectivity index (χ4v) is 1.85. The maximum Gasteiger partial charge on any atom is 0.248 e. The summed E-state index contributed by atoms with van der Waals surface area (Å²) in [5.41, 5.74) is 6.35. The summed E-state index contributed by atoms with van der Waals surface area (Å²) in [4.78, 5) is 22.7. The lowest BCUT2D eigenvalue weighted by Gasteiger charge is -2.14. The SMILES string of the molecule is CCCNC(=O)C(C)NCc1ccc(C(N)=O)cc1Cl. The van der Waals surface area contributed by atoms with Gasteiger partial charge in [-0.2, -0.15) is 0 Å². The molecule has 0 aliphatic rings. The highest BCUT2D eigenvalue weighted by Crippen LogP contribution is 2.17. The Kier molecular flexibility index (Phi) is 6.48. The van der Waals surface area contributed by atoms with Gasteiger partial charge in [-0.15, -0.1) is 0 Å². The third-order valence-electron chi connectivity index (χ3n) is 2.88. The number of halogens is 1. The molecule has 0 bridgehead atoms. The number of rotatable bonds is 7. The van der Waals surface area contributed by atoms with Crippen LogP contribution in [0.4, 0.5) is 0 Å². The van der Waals surface area contributed by atoms with E-state index >= 15 is 0 Å². The normalized spacial score (nSPS) is 11.9. The van der Waals surface area contributed by atoms with Crippen molar-refractivity contribution in [2.45, 2.75) is 32.9 Å². The molecule has 0 aromatic heterocycles. The zero-order valence-electron chi connectivity index (χ0n) is 11.7. The molecule has 0 aliphatic heterocycles. The van der Waals surface area contributed by atoms with Crippen molar-refractivity contribution in [2.24, 2.45) is 5.73 Å². The Morgan fingerprint density at radius 3 is 2.65 bits per heavy atom. The minimum absolute atomic E-state index is 0.0447. The Labute approximate surface area is 123 Å². The van der Waals surface area contributed by atoms with E-state index in [0.29, 0.717) is 23.7 Å². The average Bonchev–Trinajstić information content (AvgIpc) is 2.42. The molecular weight excluding hydrogens is 278 g/mol. The molecule has 0 fully saturated rings. The molecule has 6 heteroatoms. The van der Waals surface area contributed by atoms with Crippen LogP contribution in [0.2, 0.25) is 5.02 Å². The zero-order valence-corrected chi connectivity index (χ0v) is 12.5. The molecule has 1 unspecified atom stereocenters. The van der Waals surface area contributed by atoms with Gasteiger partial charge in [0.2, 0.25) is 11.8 Å². The lowest BCUT2D eigenvalue weighted by Crippen LogP contribution is -2.42. The molecule has 1 aromatic rings. The number of carbonyl (C=O) groups excluding carboxylic acids is 2. The summed E-state index contributed by atoms with van der Waals surface area (Å²) in [6.45, 7) is 4.90. The van der Waals surface area contributed by atoms with Crippen molar-refractivity contribution in [3.05, 3.63) is 34.3 Å². The van der Waals surface area contributed by atoms with Gasteiger partial charge in [0, 0.05) is 23.7 Å². The van der Waals surface area contributed by atoms with Crippen molar-refractivity contribution in [3.8, 4) is 0 Å². The van der Waals surface area contributed by atoms with Gasteiger partial charge < -0.3 is 16.4 Å². The lowest BCUT2D eigenvalue weighted by molar-refractivity contribution is -0.122. The molecule has 0 aliphatic carbocycles. The Morgan fingerprint density at radius 1 is 1.40 bits per heavy atom. The molecule has 0 radical (unpaired) electrons. The number of nitrogens with two attached hydrogens (primary N) is 1. The Balaban J connectivity index is 2.57. The summed E-state index contributed by atoms with van der Waals surface area (Å²) < 4.78 is 0. The van der Waals surface area contributed by atoms with Gasteiger partial charge in [0.25, 0.3) is 0 Å². The standard InChI is InChI=1S/C14H20ClN3O2/c1-3-6-17-14(20)9(2)18-8-11-5-4-10(13(16)19)7-12(11)15/h4-5,7,9,18H,3,6,8H2,1-2H3,(H2,16,19)(H,17,20). The summed E-state index contributed by atoms with van der Waals surface area (Å²) in [5, 5.41) is 6.35. The molecule has 110 valence electrons. The van der Waals surface area contributed by atoms with Gasteiger partial charge in [-0.1, -0.05) is 24.6 Å². The van der Waals surface area contributed by atoms with Crippen molar-refractivity contribution in [3.63, 3.8) is 0 Å². The van der Waals surface area contributed by atoms with Crippen LogP contribution in [0.1, 0.15) is 36.2 Å². The second-order valence-electron chi connectivity index (χ2n) is 4.56. The van der Waals surface area contributed by atoms with Crippen LogP contribution in [0, 0.1) is 0 Å². The molecule has 0 saturated carbocycles. The monoisotopic (exact) mass is 297 g/mol. The molecule has 0 heterocycles. The van der Waals surface area contributed by atoms with E-state index in [4.69, 9.17) is 17.3 Å². The molecule has 1 rings (SSSR count). The number of benzene rings is 1. The van der Waals surface area contributed by atoms with E-state index in [0.717, 1.165) is 12.0 Å². The first-order valence-corrected chi connectivity index (χ1v) is 6.92. The summed E-state index contributed by atoms with van der Waals surface area (Å²) in [6.07, 6.45) is 0.902. The van der Waals surface area contributed by atoms with Crippen LogP contribution < -0.4 is 16.4 Å². The van der Waals surface area contributed by atoms with Crippen LogP contribution in [0.5, 0.6) is 0 Å². The first kappa shape index (κ1) is 16.5. The van der Waals surface area contributed by atoms with Crippen molar-refractivity contribution in [1.82, 2.24) is 10.6 Å². The highest BCUT2D eigenvalue weighted by molar-refractivity contribution is 6.31. The fourth-order valence-electron chi connectivity index (χ4n) is 1.60. The smallest absolute Gasteiger partial charge is 0.248 e. The Morgan fingerprint density at radius 2 is 2.10 bits per heavy atom. The molecule has 5 nitrogen and oxygen atoms in total. The number of primary amides is 1. The van der Waals surface area contributed by atoms with Gasteiger partial charge in [0.15, 0.2) is 0 Å². The highest BCUT2D eigenvalue weighted by atomic mass is 35.5. The van der Waals surface area contributed by atoms with Gasteiger partial charge in [-0.25, -0.2) is 0 Å². The van der Waals surface area contributed by atoms with Crippen LogP contribution in [-0.2, 0) is 11.3 Å². The second-order valence-corrected chi connectivity index (χ2v) is 4.97. The van der Waals surface area contributed by atoms with Crippen LogP contribution >= 0.6 is 11.6 Å².